The van der Waals surface area contributed by atoms with Crippen LogP contribution in [0.3, 0.4) is 0 Å². The largest absolute Gasteiger partial charge is 0.494 e. The van der Waals surface area contributed by atoms with Crippen molar-refractivity contribution in [2.75, 3.05) is 0 Å². The Morgan fingerprint density at radius 3 is 2.38 bits per heavy atom. The summed E-state index contributed by atoms with van der Waals surface area (Å²) in [5.74, 6) is 0. The van der Waals surface area contributed by atoms with E-state index in [1.54, 1.807) is 7.05 Å². The Bertz CT molecular complexity index is 751. The van der Waals surface area contributed by atoms with Crippen LogP contribution in [-0.2, 0) is 16.4 Å². The van der Waals surface area contributed by atoms with Gasteiger partial charge in [0.1, 0.15) is 0 Å². The van der Waals surface area contributed by atoms with E-state index in [0.29, 0.717) is 10.9 Å². The maximum absolute atomic E-state index is 12.2. The molecule has 0 amide bonds. The number of rotatable bonds is 1. The molecule has 1 aliphatic heterocycles. The lowest BCUT2D eigenvalue weighted by Gasteiger charge is -2.32. The molecule has 6 heteroatoms. The minimum atomic E-state index is -0.468. The van der Waals surface area contributed by atoms with E-state index in [4.69, 9.17) is 9.31 Å². The summed E-state index contributed by atoms with van der Waals surface area (Å²) in [6.07, 6.45) is 1.53. The van der Waals surface area contributed by atoms with Gasteiger partial charge in [0, 0.05) is 7.05 Å². The van der Waals surface area contributed by atoms with Gasteiger partial charge >= 0.3 is 7.12 Å². The lowest BCUT2D eigenvalue weighted by molar-refractivity contribution is 0.00578. The summed E-state index contributed by atoms with van der Waals surface area (Å²) in [4.78, 5) is 16.4. The molecular weight excluding hydrogens is 267 g/mol. The van der Waals surface area contributed by atoms with Crippen molar-refractivity contribution < 1.29 is 9.31 Å². The van der Waals surface area contributed by atoms with Gasteiger partial charge in [-0.15, -0.1) is 0 Å². The first-order valence-corrected chi connectivity index (χ1v) is 7.02. The third kappa shape index (κ3) is 2.19. The summed E-state index contributed by atoms with van der Waals surface area (Å²) in [5.41, 5.74) is 0.655. The Morgan fingerprint density at radius 2 is 1.76 bits per heavy atom. The number of benzene rings is 1. The van der Waals surface area contributed by atoms with E-state index in [2.05, 4.69) is 4.98 Å². The minimum absolute atomic E-state index is 0.0710. The highest BCUT2D eigenvalue weighted by Crippen LogP contribution is 2.36. The van der Waals surface area contributed by atoms with E-state index >= 15 is 0 Å². The Morgan fingerprint density at radius 1 is 1.14 bits per heavy atom. The third-order valence-electron chi connectivity index (χ3n) is 4.47. The monoisotopic (exact) mass is 286 g/mol. The van der Waals surface area contributed by atoms with Crippen molar-refractivity contribution in [2.45, 2.75) is 38.9 Å². The minimum Gasteiger partial charge on any atom is -0.399 e. The maximum Gasteiger partial charge on any atom is 0.494 e. The number of fused-ring (bicyclic) bond motifs is 1. The lowest BCUT2D eigenvalue weighted by atomic mass is 9.78. The smallest absolute Gasteiger partial charge is 0.399 e. The molecule has 1 fully saturated rings. The molecule has 0 N–H and O–H groups in total. The van der Waals surface area contributed by atoms with E-state index in [0.717, 1.165) is 5.46 Å². The number of hydrogen-bond donors (Lipinski definition) is 0. The van der Waals surface area contributed by atoms with Crippen molar-refractivity contribution in [3.8, 4) is 0 Å². The van der Waals surface area contributed by atoms with Crippen LogP contribution in [0.2, 0.25) is 0 Å². The SMILES string of the molecule is Cn1cnc2ccc(B3OC(C)(C)C(C)(C)O3)cc2c1=O. The highest BCUT2D eigenvalue weighted by Gasteiger charge is 2.51. The van der Waals surface area contributed by atoms with Gasteiger partial charge in [-0.2, -0.15) is 0 Å². The molecule has 0 radical (unpaired) electrons. The van der Waals surface area contributed by atoms with Crippen molar-refractivity contribution in [3.05, 3.63) is 34.9 Å². The zero-order valence-corrected chi connectivity index (χ0v) is 13.0. The summed E-state index contributed by atoms with van der Waals surface area (Å²) < 4.78 is 13.5. The van der Waals surface area contributed by atoms with Crippen LogP contribution < -0.4 is 11.0 Å². The number of nitrogens with zero attached hydrogens (tertiary/aromatic N) is 2. The van der Waals surface area contributed by atoms with Gasteiger partial charge in [-0.3, -0.25) is 4.79 Å². The predicted octanol–water partition coefficient (Wildman–Crippen LogP) is 1.23. The Balaban J connectivity index is 2.07. The molecule has 1 aromatic carbocycles. The van der Waals surface area contributed by atoms with Gasteiger partial charge in [-0.05, 0) is 45.3 Å². The summed E-state index contributed by atoms with van der Waals surface area (Å²) in [6, 6.07) is 5.54. The summed E-state index contributed by atoms with van der Waals surface area (Å²) >= 11 is 0. The van der Waals surface area contributed by atoms with Gasteiger partial charge in [0.05, 0.1) is 28.4 Å². The number of hydrogen-bond acceptors (Lipinski definition) is 4. The Kier molecular flexibility index (Phi) is 3.01. The van der Waals surface area contributed by atoms with Crippen LogP contribution in [0, 0.1) is 0 Å². The molecule has 0 aliphatic carbocycles. The van der Waals surface area contributed by atoms with Crippen molar-refractivity contribution in [1.82, 2.24) is 9.55 Å². The van der Waals surface area contributed by atoms with Gasteiger partial charge in [0.15, 0.2) is 0 Å². The van der Waals surface area contributed by atoms with Gasteiger partial charge in [-0.25, -0.2) is 4.98 Å². The fraction of sp³-hybridized carbons (Fsp3) is 0.467. The Hall–Kier alpha value is -1.66. The molecule has 0 saturated carbocycles. The second kappa shape index (κ2) is 4.42. The molecule has 2 heterocycles. The average Bonchev–Trinajstić information content (AvgIpc) is 2.63. The van der Waals surface area contributed by atoms with Crippen LogP contribution in [0.25, 0.3) is 10.9 Å². The van der Waals surface area contributed by atoms with E-state index in [-0.39, 0.29) is 5.56 Å². The zero-order valence-electron chi connectivity index (χ0n) is 13.0. The average molecular weight is 286 g/mol. The first-order chi connectivity index (χ1) is 9.71. The maximum atomic E-state index is 12.2. The van der Waals surface area contributed by atoms with Gasteiger partial charge < -0.3 is 13.9 Å². The van der Waals surface area contributed by atoms with Crippen LogP contribution in [-0.4, -0.2) is 27.9 Å². The highest BCUT2D eigenvalue weighted by atomic mass is 16.7. The van der Waals surface area contributed by atoms with Gasteiger partial charge in [-0.1, -0.05) is 6.07 Å². The molecule has 1 aromatic heterocycles. The molecule has 5 nitrogen and oxygen atoms in total. The summed E-state index contributed by atoms with van der Waals surface area (Å²) in [7, 11) is 1.22. The second-order valence-electron chi connectivity index (χ2n) is 6.53. The third-order valence-corrected chi connectivity index (χ3v) is 4.47. The molecule has 2 aromatic rings. The van der Waals surface area contributed by atoms with Crippen LogP contribution >= 0.6 is 0 Å². The van der Waals surface area contributed by atoms with Crippen LogP contribution in [0.4, 0.5) is 0 Å². The van der Waals surface area contributed by atoms with Gasteiger partial charge in [0.2, 0.25) is 0 Å². The topological polar surface area (TPSA) is 53.4 Å². The summed E-state index contributed by atoms with van der Waals surface area (Å²) in [5, 5.41) is 0.576. The van der Waals surface area contributed by atoms with Gasteiger partial charge in [0.25, 0.3) is 5.56 Å². The van der Waals surface area contributed by atoms with Crippen molar-refractivity contribution in [1.29, 1.82) is 0 Å². The van der Waals surface area contributed by atoms with E-state index in [1.165, 1.54) is 10.9 Å². The molecule has 0 atom stereocenters. The lowest BCUT2D eigenvalue weighted by Crippen LogP contribution is -2.41. The second-order valence-corrected chi connectivity index (χ2v) is 6.53. The zero-order chi connectivity index (χ0) is 15.4. The van der Waals surface area contributed by atoms with Crippen LogP contribution in [0.15, 0.2) is 29.3 Å². The van der Waals surface area contributed by atoms with Crippen LogP contribution in [0.1, 0.15) is 27.7 Å². The standard InChI is InChI=1S/C15H19BN2O3/c1-14(2)15(3,4)21-16(20-14)10-6-7-12-11(8-10)13(19)18(5)9-17-12/h6-9H,1-5H3. The molecule has 1 aliphatic rings. The van der Waals surface area contributed by atoms with Crippen molar-refractivity contribution >= 4 is 23.5 Å². The van der Waals surface area contributed by atoms with Crippen molar-refractivity contribution in [3.63, 3.8) is 0 Å². The summed E-state index contributed by atoms with van der Waals surface area (Å²) in [6.45, 7) is 8.03. The predicted molar refractivity (Wildman–Crippen MR) is 82.7 cm³/mol. The van der Waals surface area contributed by atoms with Crippen molar-refractivity contribution in [2.24, 2.45) is 7.05 Å². The number of aromatic nitrogens is 2. The normalized spacial score (nSPS) is 20.1. The van der Waals surface area contributed by atoms with E-state index in [1.807, 2.05) is 45.9 Å². The van der Waals surface area contributed by atoms with Crippen LogP contribution in [0.5, 0.6) is 0 Å². The molecule has 21 heavy (non-hydrogen) atoms. The quantitative estimate of drug-likeness (QED) is 0.740. The molecule has 3 rings (SSSR count). The fourth-order valence-corrected chi connectivity index (χ4v) is 2.35. The fourth-order valence-electron chi connectivity index (χ4n) is 2.35. The molecule has 0 unspecified atom stereocenters. The first-order valence-electron chi connectivity index (χ1n) is 7.02. The molecule has 0 spiro atoms. The molecular formula is C15H19BN2O3. The Labute approximate surface area is 124 Å². The molecule has 110 valence electrons. The highest BCUT2D eigenvalue weighted by molar-refractivity contribution is 6.62. The number of aryl methyl sites for hydroxylation is 1. The first kappa shape index (κ1) is 14.3. The van der Waals surface area contributed by atoms with E-state index in [9.17, 15) is 4.79 Å². The van der Waals surface area contributed by atoms with E-state index < -0.39 is 18.3 Å². The molecule has 1 saturated heterocycles. The molecule has 0 bridgehead atoms.